The van der Waals surface area contributed by atoms with Crippen LogP contribution in [0, 0.1) is 0 Å². The standard InChI is InChI=1S/C12H11F2N3O2.C3H8/c1-19-12(18)8-4-6(10-2-3-16-17-10)7(11(13)14)5-9(8)15;1-3-2/h2-5,11H,15H2,1H3,(H,16,17);3H2,1-2H3. The number of hydrogen-bond acceptors (Lipinski definition) is 4. The van der Waals surface area contributed by atoms with Gasteiger partial charge in [-0.05, 0) is 18.2 Å². The number of methoxy groups -OCH3 is 1. The number of nitrogen functional groups attached to an aromatic ring is 1. The highest BCUT2D eigenvalue weighted by molar-refractivity contribution is 5.97. The second-order valence-electron chi connectivity index (χ2n) is 4.50. The maximum Gasteiger partial charge on any atom is 0.339 e. The van der Waals surface area contributed by atoms with Gasteiger partial charge in [-0.15, -0.1) is 0 Å². The molecule has 1 heterocycles. The molecule has 0 radical (unpaired) electrons. The number of carbonyl (C=O) groups is 1. The van der Waals surface area contributed by atoms with Crippen LogP contribution in [0.25, 0.3) is 11.3 Å². The Bertz CT molecular complexity index is 614. The summed E-state index contributed by atoms with van der Waals surface area (Å²) in [6, 6.07) is 3.88. The van der Waals surface area contributed by atoms with E-state index >= 15 is 0 Å². The highest BCUT2D eigenvalue weighted by Crippen LogP contribution is 2.33. The number of anilines is 1. The fourth-order valence-corrected chi connectivity index (χ4v) is 1.74. The topological polar surface area (TPSA) is 81.0 Å². The van der Waals surface area contributed by atoms with Gasteiger partial charge in [0.1, 0.15) is 0 Å². The molecule has 0 aliphatic heterocycles. The van der Waals surface area contributed by atoms with Crippen LogP contribution in [-0.2, 0) is 4.74 Å². The van der Waals surface area contributed by atoms with E-state index in [1.54, 1.807) is 0 Å². The minimum absolute atomic E-state index is 0.0384. The normalized spacial score (nSPS) is 10.1. The molecule has 3 N–H and O–H groups in total. The van der Waals surface area contributed by atoms with Crippen molar-refractivity contribution in [2.45, 2.75) is 26.7 Å². The lowest BCUT2D eigenvalue weighted by atomic mass is 10.00. The van der Waals surface area contributed by atoms with Crippen LogP contribution in [0.1, 0.15) is 42.6 Å². The van der Waals surface area contributed by atoms with E-state index in [2.05, 4.69) is 28.8 Å². The number of benzene rings is 1. The van der Waals surface area contributed by atoms with Crippen molar-refractivity contribution in [3.05, 3.63) is 35.5 Å². The summed E-state index contributed by atoms with van der Waals surface area (Å²) < 4.78 is 30.6. The third kappa shape index (κ3) is 4.03. The van der Waals surface area contributed by atoms with E-state index in [1.807, 2.05) is 0 Å². The molecule has 0 saturated heterocycles. The van der Waals surface area contributed by atoms with Gasteiger partial charge < -0.3 is 10.5 Å². The third-order valence-electron chi connectivity index (χ3n) is 2.65. The van der Waals surface area contributed by atoms with Crippen LogP contribution in [0.4, 0.5) is 14.5 Å². The van der Waals surface area contributed by atoms with E-state index < -0.39 is 12.4 Å². The molecule has 7 heteroatoms. The number of carbonyl (C=O) groups excluding carboxylic acids is 1. The number of halogens is 2. The number of aromatic amines is 1. The minimum Gasteiger partial charge on any atom is -0.465 e. The van der Waals surface area contributed by atoms with Gasteiger partial charge in [-0.2, -0.15) is 5.10 Å². The van der Waals surface area contributed by atoms with Crippen molar-refractivity contribution < 1.29 is 18.3 Å². The molecule has 0 aliphatic rings. The number of nitrogens with zero attached hydrogens (tertiary/aromatic N) is 1. The fourth-order valence-electron chi connectivity index (χ4n) is 1.74. The second-order valence-corrected chi connectivity index (χ2v) is 4.50. The van der Waals surface area contributed by atoms with E-state index in [1.165, 1.54) is 31.9 Å². The number of nitrogens with two attached hydrogens (primary N) is 1. The van der Waals surface area contributed by atoms with Crippen molar-refractivity contribution >= 4 is 11.7 Å². The van der Waals surface area contributed by atoms with Crippen molar-refractivity contribution in [2.24, 2.45) is 0 Å². The summed E-state index contributed by atoms with van der Waals surface area (Å²) in [7, 11) is 1.19. The van der Waals surface area contributed by atoms with Crippen molar-refractivity contribution in [2.75, 3.05) is 12.8 Å². The molecule has 0 unspecified atom stereocenters. The summed E-state index contributed by atoms with van der Waals surface area (Å²) in [4.78, 5) is 11.5. The highest BCUT2D eigenvalue weighted by atomic mass is 19.3. The van der Waals surface area contributed by atoms with Crippen LogP contribution in [0.5, 0.6) is 0 Å². The summed E-state index contributed by atoms with van der Waals surface area (Å²) in [5, 5.41) is 6.27. The van der Waals surface area contributed by atoms with E-state index in [0.717, 1.165) is 6.07 Å². The van der Waals surface area contributed by atoms with Crippen molar-refractivity contribution in [3.8, 4) is 11.3 Å². The molecule has 0 fully saturated rings. The van der Waals surface area contributed by atoms with E-state index in [9.17, 15) is 13.6 Å². The van der Waals surface area contributed by atoms with Gasteiger partial charge in [0, 0.05) is 23.0 Å². The molecule has 0 aliphatic carbocycles. The molecule has 5 nitrogen and oxygen atoms in total. The van der Waals surface area contributed by atoms with Gasteiger partial charge in [-0.3, -0.25) is 5.10 Å². The average molecular weight is 311 g/mol. The Labute approximate surface area is 127 Å². The molecule has 0 atom stereocenters. The zero-order valence-corrected chi connectivity index (χ0v) is 12.7. The summed E-state index contributed by atoms with van der Waals surface area (Å²) in [6.45, 7) is 4.25. The largest absolute Gasteiger partial charge is 0.465 e. The van der Waals surface area contributed by atoms with Gasteiger partial charge >= 0.3 is 5.97 Å². The number of nitrogens with one attached hydrogen (secondary N) is 1. The maximum absolute atomic E-state index is 13.0. The summed E-state index contributed by atoms with van der Waals surface area (Å²) in [5.41, 5.74) is 5.86. The Morgan fingerprint density at radius 2 is 2.05 bits per heavy atom. The number of esters is 1. The number of aromatic nitrogens is 2. The Morgan fingerprint density at radius 1 is 1.41 bits per heavy atom. The highest BCUT2D eigenvalue weighted by Gasteiger charge is 2.20. The molecule has 0 spiro atoms. The number of alkyl halides is 2. The number of rotatable bonds is 3. The molecule has 2 rings (SSSR count). The van der Waals surface area contributed by atoms with Gasteiger partial charge in [-0.25, -0.2) is 13.6 Å². The first kappa shape index (κ1) is 17.6. The first-order chi connectivity index (χ1) is 10.5. The van der Waals surface area contributed by atoms with Crippen LogP contribution >= 0.6 is 0 Å². The smallest absolute Gasteiger partial charge is 0.339 e. The van der Waals surface area contributed by atoms with Gasteiger partial charge in [0.2, 0.25) is 0 Å². The number of hydrogen-bond donors (Lipinski definition) is 2. The Morgan fingerprint density at radius 3 is 2.50 bits per heavy atom. The molecule has 1 aromatic carbocycles. The Kier molecular flexibility index (Phi) is 6.49. The van der Waals surface area contributed by atoms with Crippen LogP contribution in [-0.4, -0.2) is 23.3 Å². The Hall–Kier alpha value is -2.44. The number of H-pyrrole nitrogens is 1. The predicted molar refractivity (Wildman–Crippen MR) is 80.7 cm³/mol. The molecular weight excluding hydrogens is 292 g/mol. The van der Waals surface area contributed by atoms with Crippen LogP contribution < -0.4 is 5.73 Å². The predicted octanol–water partition coefficient (Wildman–Crippen LogP) is 3.80. The molecular formula is C15H19F2N3O2. The van der Waals surface area contributed by atoms with Gasteiger partial charge in [-0.1, -0.05) is 20.3 Å². The monoisotopic (exact) mass is 311 g/mol. The van der Waals surface area contributed by atoms with Crippen LogP contribution in [0.2, 0.25) is 0 Å². The SMILES string of the molecule is CCC.COC(=O)c1cc(-c2ccn[nH]2)c(C(F)F)cc1N. The molecule has 0 amide bonds. The fraction of sp³-hybridized carbons (Fsp3) is 0.333. The first-order valence-corrected chi connectivity index (χ1v) is 6.75. The van der Waals surface area contributed by atoms with E-state index in [-0.39, 0.29) is 22.4 Å². The molecule has 120 valence electrons. The van der Waals surface area contributed by atoms with Gasteiger partial charge in [0.25, 0.3) is 6.43 Å². The molecule has 1 aromatic heterocycles. The zero-order chi connectivity index (χ0) is 16.7. The van der Waals surface area contributed by atoms with Crippen LogP contribution in [0.3, 0.4) is 0 Å². The van der Waals surface area contributed by atoms with E-state index in [0.29, 0.717) is 5.69 Å². The van der Waals surface area contributed by atoms with Crippen molar-refractivity contribution in [1.82, 2.24) is 10.2 Å². The lowest BCUT2D eigenvalue weighted by molar-refractivity contribution is 0.0601. The average Bonchev–Trinajstić information content (AvgIpc) is 3.01. The molecule has 0 saturated carbocycles. The van der Waals surface area contributed by atoms with Crippen LogP contribution in [0.15, 0.2) is 24.4 Å². The number of ether oxygens (including phenoxy) is 1. The zero-order valence-electron chi connectivity index (χ0n) is 12.7. The van der Waals surface area contributed by atoms with Gasteiger partial charge in [0.15, 0.2) is 0 Å². The lowest BCUT2D eigenvalue weighted by Crippen LogP contribution is -2.07. The van der Waals surface area contributed by atoms with Gasteiger partial charge in [0.05, 0.1) is 18.4 Å². The molecule has 2 aromatic rings. The summed E-state index contributed by atoms with van der Waals surface area (Å²) >= 11 is 0. The first-order valence-electron chi connectivity index (χ1n) is 6.75. The lowest BCUT2D eigenvalue weighted by Gasteiger charge is -2.11. The maximum atomic E-state index is 13.0. The summed E-state index contributed by atoms with van der Waals surface area (Å²) in [5.74, 6) is -0.681. The third-order valence-corrected chi connectivity index (χ3v) is 2.65. The van der Waals surface area contributed by atoms with Crippen molar-refractivity contribution in [1.29, 1.82) is 0 Å². The molecule has 22 heavy (non-hydrogen) atoms. The Balaban J connectivity index is 0.000000745. The quantitative estimate of drug-likeness (QED) is 0.667. The second kappa shape index (κ2) is 8.11. The minimum atomic E-state index is -2.72. The molecule has 0 bridgehead atoms. The van der Waals surface area contributed by atoms with Crippen molar-refractivity contribution in [3.63, 3.8) is 0 Å². The summed E-state index contributed by atoms with van der Waals surface area (Å²) in [6.07, 6.45) is -0.0361. The van der Waals surface area contributed by atoms with E-state index in [4.69, 9.17) is 5.73 Å².